The van der Waals surface area contributed by atoms with Crippen molar-refractivity contribution in [1.82, 2.24) is 0 Å². The zero-order valence-corrected chi connectivity index (χ0v) is 14.8. The smallest absolute Gasteiger partial charge is 0.338 e. The molecule has 0 saturated carbocycles. The lowest BCUT2D eigenvalue weighted by Gasteiger charge is -2.41. The molecule has 1 heterocycles. The molecule has 5 atom stereocenters. The third-order valence-corrected chi connectivity index (χ3v) is 4.32. The topological polar surface area (TPSA) is 123 Å². The van der Waals surface area contributed by atoms with Gasteiger partial charge in [-0.1, -0.05) is 36.4 Å². The van der Waals surface area contributed by atoms with Crippen molar-refractivity contribution >= 4 is 11.9 Å². The van der Waals surface area contributed by atoms with Crippen molar-refractivity contribution in [2.45, 2.75) is 30.7 Å². The van der Waals surface area contributed by atoms with E-state index in [1.807, 2.05) is 0 Å². The Kier molecular flexibility index (Phi) is 6.37. The normalized spacial score (nSPS) is 27.0. The summed E-state index contributed by atoms with van der Waals surface area (Å²) in [5.41, 5.74) is 0.444. The maximum absolute atomic E-state index is 12.3. The van der Waals surface area contributed by atoms with E-state index in [9.17, 15) is 24.9 Å². The van der Waals surface area contributed by atoms with Crippen LogP contribution in [0, 0.1) is 0 Å². The van der Waals surface area contributed by atoms with Gasteiger partial charge in [-0.05, 0) is 24.3 Å². The Balaban J connectivity index is 1.75. The summed E-state index contributed by atoms with van der Waals surface area (Å²) in [6.45, 7) is -0.625. The molecule has 2 aromatic rings. The second-order valence-corrected chi connectivity index (χ2v) is 6.21. The third-order valence-electron chi connectivity index (χ3n) is 4.32. The zero-order valence-electron chi connectivity index (χ0n) is 14.8. The molecule has 3 N–H and O–H groups in total. The van der Waals surface area contributed by atoms with Crippen LogP contribution in [0.1, 0.15) is 20.7 Å². The molecule has 0 bridgehead atoms. The number of hydrogen-bond donors (Lipinski definition) is 3. The summed E-state index contributed by atoms with van der Waals surface area (Å²) < 4.78 is 15.7. The van der Waals surface area contributed by atoms with E-state index in [2.05, 4.69) is 0 Å². The minimum absolute atomic E-state index is 0.212. The van der Waals surface area contributed by atoms with Gasteiger partial charge in [0.2, 0.25) is 0 Å². The lowest BCUT2D eigenvalue weighted by molar-refractivity contribution is -0.285. The SMILES string of the molecule is O=C(O[C@@H]1[C@@H](O)[C@H](OC(=O)c2ccccc2)[C@@H](CO)O[C@H]1O)c1ccccc1. The first-order valence-corrected chi connectivity index (χ1v) is 8.65. The molecule has 28 heavy (non-hydrogen) atoms. The van der Waals surface area contributed by atoms with Crippen molar-refractivity contribution in [1.29, 1.82) is 0 Å². The minimum atomic E-state index is -1.70. The van der Waals surface area contributed by atoms with E-state index in [4.69, 9.17) is 14.2 Å². The second kappa shape index (κ2) is 8.94. The summed E-state index contributed by atoms with van der Waals surface area (Å²) in [7, 11) is 0. The minimum Gasteiger partial charge on any atom is -0.453 e. The van der Waals surface area contributed by atoms with Crippen LogP contribution in [0.2, 0.25) is 0 Å². The van der Waals surface area contributed by atoms with Crippen molar-refractivity contribution in [3.63, 3.8) is 0 Å². The lowest BCUT2D eigenvalue weighted by atomic mass is 9.98. The Bertz CT molecular complexity index is 794. The number of rotatable bonds is 5. The van der Waals surface area contributed by atoms with Gasteiger partial charge in [0, 0.05) is 0 Å². The highest BCUT2D eigenvalue weighted by Gasteiger charge is 2.48. The van der Waals surface area contributed by atoms with Crippen LogP contribution in [0.5, 0.6) is 0 Å². The molecule has 8 nitrogen and oxygen atoms in total. The highest BCUT2D eigenvalue weighted by Crippen LogP contribution is 2.26. The van der Waals surface area contributed by atoms with Gasteiger partial charge in [-0.15, -0.1) is 0 Å². The molecule has 0 aromatic heterocycles. The van der Waals surface area contributed by atoms with E-state index in [0.717, 1.165) is 0 Å². The quantitative estimate of drug-likeness (QED) is 0.633. The van der Waals surface area contributed by atoms with E-state index in [1.165, 1.54) is 24.3 Å². The summed E-state index contributed by atoms with van der Waals surface area (Å²) in [6, 6.07) is 16.0. The zero-order chi connectivity index (χ0) is 20.1. The first kappa shape index (κ1) is 20.0. The number of hydrogen-bond acceptors (Lipinski definition) is 8. The number of esters is 2. The summed E-state index contributed by atoms with van der Waals surface area (Å²) in [6.07, 6.45) is -7.36. The molecule has 1 saturated heterocycles. The van der Waals surface area contributed by atoms with Crippen LogP contribution in [0.25, 0.3) is 0 Å². The predicted octanol–water partition coefficient (Wildman–Crippen LogP) is 0.508. The molecule has 0 unspecified atom stereocenters. The van der Waals surface area contributed by atoms with Crippen LogP contribution in [-0.4, -0.2) is 64.6 Å². The van der Waals surface area contributed by atoms with Gasteiger partial charge in [0.25, 0.3) is 0 Å². The largest absolute Gasteiger partial charge is 0.453 e. The third kappa shape index (κ3) is 4.37. The Labute approximate surface area is 160 Å². The molecule has 3 rings (SSSR count). The fourth-order valence-corrected chi connectivity index (χ4v) is 2.86. The van der Waals surface area contributed by atoms with Gasteiger partial charge < -0.3 is 29.5 Å². The molecule has 2 aromatic carbocycles. The molecule has 0 spiro atoms. The molecule has 0 radical (unpaired) electrons. The van der Waals surface area contributed by atoms with Crippen molar-refractivity contribution in [2.24, 2.45) is 0 Å². The first-order chi connectivity index (χ1) is 13.5. The molecule has 1 aliphatic heterocycles. The maximum Gasteiger partial charge on any atom is 0.338 e. The lowest BCUT2D eigenvalue weighted by Crippen LogP contribution is -2.61. The Morgan fingerprint density at radius 3 is 1.75 bits per heavy atom. The van der Waals surface area contributed by atoms with E-state index >= 15 is 0 Å². The standard InChI is InChI=1S/C20H20O8/c21-11-14-16(27-18(23)12-7-3-1-4-8-12)15(22)17(20(25)26-14)28-19(24)13-9-5-2-6-10-13/h1-10,14-17,20-22,25H,11H2/t14-,15+,16-,17-,20-/m1/s1. The van der Waals surface area contributed by atoms with Crippen LogP contribution >= 0.6 is 0 Å². The van der Waals surface area contributed by atoms with Gasteiger partial charge in [-0.2, -0.15) is 0 Å². The highest BCUT2D eigenvalue weighted by atomic mass is 16.7. The van der Waals surface area contributed by atoms with Crippen LogP contribution in [0.15, 0.2) is 60.7 Å². The molecule has 8 heteroatoms. The van der Waals surface area contributed by atoms with Crippen LogP contribution < -0.4 is 0 Å². The number of benzene rings is 2. The van der Waals surface area contributed by atoms with E-state index in [1.54, 1.807) is 36.4 Å². The molecule has 0 amide bonds. The highest BCUT2D eigenvalue weighted by molar-refractivity contribution is 5.90. The van der Waals surface area contributed by atoms with Gasteiger partial charge in [-0.3, -0.25) is 0 Å². The van der Waals surface area contributed by atoms with E-state index in [-0.39, 0.29) is 11.1 Å². The summed E-state index contributed by atoms with van der Waals surface area (Å²) in [4.78, 5) is 24.6. The summed E-state index contributed by atoms with van der Waals surface area (Å²) in [5.74, 6) is -1.54. The van der Waals surface area contributed by atoms with Crippen molar-refractivity contribution in [3.8, 4) is 0 Å². The summed E-state index contributed by atoms with van der Waals surface area (Å²) in [5, 5.41) is 30.2. The van der Waals surface area contributed by atoms with Crippen molar-refractivity contribution < 1.29 is 39.1 Å². The fourth-order valence-electron chi connectivity index (χ4n) is 2.86. The van der Waals surface area contributed by atoms with Crippen molar-refractivity contribution in [2.75, 3.05) is 6.61 Å². The fraction of sp³-hybridized carbons (Fsp3) is 0.300. The van der Waals surface area contributed by atoms with Gasteiger partial charge >= 0.3 is 11.9 Å². The number of ether oxygens (including phenoxy) is 3. The Hall–Kier alpha value is -2.78. The molecule has 1 aliphatic rings. The molecule has 0 aliphatic carbocycles. The van der Waals surface area contributed by atoms with Crippen LogP contribution in [-0.2, 0) is 14.2 Å². The number of carbonyl (C=O) groups is 2. The first-order valence-electron chi connectivity index (χ1n) is 8.65. The average Bonchev–Trinajstić information content (AvgIpc) is 2.73. The van der Waals surface area contributed by atoms with Crippen molar-refractivity contribution in [3.05, 3.63) is 71.8 Å². The molecule has 1 fully saturated rings. The number of aliphatic hydroxyl groups excluding tert-OH is 3. The molecule has 148 valence electrons. The average molecular weight is 388 g/mol. The Morgan fingerprint density at radius 2 is 1.29 bits per heavy atom. The van der Waals surface area contributed by atoms with E-state index < -0.39 is 49.3 Å². The molecular weight excluding hydrogens is 368 g/mol. The maximum atomic E-state index is 12.3. The second-order valence-electron chi connectivity index (χ2n) is 6.21. The van der Waals surface area contributed by atoms with Gasteiger partial charge in [0.05, 0.1) is 17.7 Å². The van der Waals surface area contributed by atoms with Gasteiger partial charge in [-0.25, -0.2) is 9.59 Å². The number of carbonyl (C=O) groups excluding carboxylic acids is 2. The molecular formula is C20H20O8. The predicted molar refractivity (Wildman–Crippen MR) is 95.3 cm³/mol. The van der Waals surface area contributed by atoms with Gasteiger partial charge in [0.1, 0.15) is 12.2 Å². The van der Waals surface area contributed by atoms with Crippen LogP contribution in [0.3, 0.4) is 0 Å². The van der Waals surface area contributed by atoms with Crippen LogP contribution in [0.4, 0.5) is 0 Å². The monoisotopic (exact) mass is 388 g/mol. The van der Waals surface area contributed by atoms with E-state index in [0.29, 0.717) is 0 Å². The summed E-state index contributed by atoms with van der Waals surface area (Å²) >= 11 is 0. The Morgan fingerprint density at radius 1 is 0.821 bits per heavy atom. The van der Waals surface area contributed by atoms with Gasteiger partial charge in [0.15, 0.2) is 18.5 Å². The number of aliphatic hydroxyl groups is 3.